The van der Waals surface area contributed by atoms with Crippen LogP contribution in [-0.4, -0.2) is 14.8 Å². The van der Waals surface area contributed by atoms with E-state index in [-0.39, 0.29) is 0 Å². The van der Waals surface area contributed by atoms with Gasteiger partial charge in [0.2, 0.25) is 0 Å². The number of hydrogen-bond donors (Lipinski definition) is 1. The van der Waals surface area contributed by atoms with E-state index in [1.165, 1.54) is 16.7 Å². The molecule has 0 spiro atoms. The Morgan fingerprint density at radius 2 is 1.70 bits per heavy atom. The third kappa shape index (κ3) is 3.85. The fourth-order valence-electron chi connectivity index (χ4n) is 2.54. The van der Waals surface area contributed by atoms with Crippen molar-refractivity contribution in [1.82, 2.24) is 20.1 Å². The molecule has 0 fully saturated rings. The molecule has 0 amide bonds. The maximum Gasteiger partial charge on any atom is 0.138 e. The van der Waals surface area contributed by atoms with E-state index < -0.39 is 0 Å². The molecule has 0 aliphatic rings. The predicted octanol–water partition coefficient (Wildman–Crippen LogP) is 3.68. The van der Waals surface area contributed by atoms with Crippen LogP contribution in [0.5, 0.6) is 0 Å². The van der Waals surface area contributed by atoms with Crippen LogP contribution >= 0.6 is 0 Å². The molecule has 0 saturated heterocycles. The normalized spacial score (nSPS) is 12.3. The van der Waals surface area contributed by atoms with Crippen LogP contribution < -0.4 is 5.32 Å². The van der Waals surface area contributed by atoms with Crippen molar-refractivity contribution in [3.05, 3.63) is 77.9 Å². The van der Waals surface area contributed by atoms with Crippen molar-refractivity contribution in [2.45, 2.75) is 32.9 Å². The van der Waals surface area contributed by atoms with Gasteiger partial charge in [0.05, 0.1) is 5.69 Å². The molecule has 1 unspecified atom stereocenters. The molecule has 0 saturated carbocycles. The highest BCUT2D eigenvalue weighted by molar-refractivity contribution is 5.34. The smallest absolute Gasteiger partial charge is 0.138 e. The van der Waals surface area contributed by atoms with E-state index in [0.29, 0.717) is 6.04 Å². The van der Waals surface area contributed by atoms with Gasteiger partial charge in [0, 0.05) is 12.6 Å². The first-order valence-electron chi connectivity index (χ1n) is 8.02. The van der Waals surface area contributed by atoms with Gasteiger partial charge in [-0.3, -0.25) is 0 Å². The van der Waals surface area contributed by atoms with Gasteiger partial charge in [0.25, 0.3) is 0 Å². The second kappa shape index (κ2) is 7.20. The van der Waals surface area contributed by atoms with E-state index in [4.69, 9.17) is 0 Å². The third-order valence-electron chi connectivity index (χ3n) is 4.12. The van der Waals surface area contributed by atoms with Gasteiger partial charge in [-0.05, 0) is 42.2 Å². The topological polar surface area (TPSA) is 42.7 Å². The SMILES string of the molecule is CCc1ccc(CNC(C)c2ccc(-n3cncn3)cc2)cc1. The first kappa shape index (κ1) is 15.4. The Morgan fingerprint density at radius 1 is 1.00 bits per heavy atom. The minimum Gasteiger partial charge on any atom is -0.306 e. The summed E-state index contributed by atoms with van der Waals surface area (Å²) in [6, 6.07) is 17.5. The fourth-order valence-corrected chi connectivity index (χ4v) is 2.54. The van der Waals surface area contributed by atoms with Gasteiger partial charge in [-0.2, -0.15) is 5.10 Å². The maximum atomic E-state index is 4.14. The van der Waals surface area contributed by atoms with Crippen LogP contribution in [-0.2, 0) is 13.0 Å². The molecule has 4 nitrogen and oxygen atoms in total. The van der Waals surface area contributed by atoms with E-state index in [1.54, 1.807) is 17.3 Å². The summed E-state index contributed by atoms with van der Waals surface area (Å²) in [5.74, 6) is 0. The van der Waals surface area contributed by atoms with Gasteiger partial charge in [-0.15, -0.1) is 0 Å². The van der Waals surface area contributed by atoms with E-state index in [0.717, 1.165) is 18.7 Å². The minimum atomic E-state index is 0.297. The Hall–Kier alpha value is -2.46. The summed E-state index contributed by atoms with van der Waals surface area (Å²) < 4.78 is 1.76. The first-order chi connectivity index (χ1) is 11.3. The lowest BCUT2D eigenvalue weighted by Crippen LogP contribution is -2.18. The van der Waals surface area contributed by atoms with Crippen molar-refractivity contribution in [3.63, 3.8) is 0 Å². The lowest BCUT2D eigenvalue weighted by Gasteiger charge is -2.15. The van der Waals surface area contributed by atoms with Gasteiger partial charge in [0.1, 0.15) is 12.7 Å². The van der Waals surface area contributed by atoms with Crippen LogP contribution in [0.1, 0.15) is 36.6 Å². The summed E-state index contributed by atoms with van der Waals surface area (Å²) >= 11 is 0. The zero-order valence-corrected chi connectivity index (χ0v) is 13.6. The molecule has 3 rings (SSSR count). The Balaban J connectivity index is 1.60. The number of benzene rings is 2. The van der Waals surface area contributed by atoms with Crippen LogP contribution in [0.2, 0.25) is 0 Å². The highest BCUT2D eigenvalue weighted by Crippen LogP contribution is 2.16. The third-order valence-corrected chi connectivity index (χ3v) is 4.12. The predicted molar refractivity (Wildman–Crippen MR) is 92.4 cm³/mol. The van der Waals surface area contributed by atoms with Crippen LogP contribution in [0.25, 0.3) is 5.69 Å². The number of hydrogen-bond acceptors (Lipinski definition) is 3. The van der Waals surface area contributed by atoms with Gasteiger partial charge in [-0.25, -0.2) is 9.67 Å². The highest BCUT2D eigenvalue weighted by Gasteiger charge is 2.06. The Labute approximate surface area is 137 Å². The minimum absolute atomic E-state index is 0.297. The maximum absolute atomic E-state index is 4.14. The number of aromatic nitrogens is 3. The van der Waals surface area contributed by atoms with Gasteiger partial charge in [0.15, 0.2) is 0 Å². The van der Waals surface area contributed by atoms with E-state index in [9.17, 15) is 0 Å². The monoisotopic (exact) mass is 306 g/mol. The van der Waals surface area contributed by atoms with Crippen LogP contribution in [0, 0.1) is 0 Å². The molecular weight excluding hydrogens is 284 g/mol. The molecule has 0 radical (unpaired) electrons. The number of nitrogens with one attached hydrogen (secondary N) is 1. The Morgan fingerprint density at radius 3 is 2.30 bits per heavy atom. The summed E-state index contributed by atoms with van der Waals surface area (Å²) in [4.78, 5) is 3.97. The molecule has 0 bridgehead atoms. The lowest BCUT2D eigenvalue weighted by atomic mass is 10.1. The van der Waals surface area contributed by atoms with Gasteiger partial charge < -0.3 is 5.32 Å². The molecule has 1 N–H and O–H groups in total. The molecule has 118 valence electrons. The van der Waals surface area contributed by atoms with Gasteiger partial charge in [-0.1, -0.05) is 43.3 Å². The second-order valence-corrected chi connectivity index (χ2v) is 5.70. The second-order valence-electron chi connectivity index (χ2n) is 5.70. The summed E-state index contributed by atoms with van der Waals surface area (Å²) in [7, 11) is 0. The zero-order chi connectivity index (χ0) is 16.1. The molecule has 0 aliphatic carbocycles. The van der Waals surface area contributed by atoms with Gasteiger partial charge >= 0.3 is 0 Å². The fraction of sp³-hybridized carbons (Fsp3) is 0.263. The Kier molecular flexibility index (Phi) is 4.83. The lowest BCUT2D eigenvalue weighted by molar-refractivity contribution is 0.574. The van der Waals surface area contributed by atoms with Crippen molar-refractivity contribution in [2.75, 3.05) is 0 Å². The summed E-state index contributed by atoms with van der Waals surface area (Å²) in [6.45, 7) is 5.24. The van der Waals surface area contributed by atoms with Crippen molar-refractivity contribution < 1.29 is 0 Å². The molecule has 1 atom stereocenters. The molecule has 1 heterocycles. The zero-order valence-electron chi connectivity index (χ0n) is 13.6. The number of nitrogens with zero attached hydrogens (tertiary/aromatic N) is 3. The average Bonchev–Trinajstić information content (AvgIpc) is 3.15. The standard InChI is InChI=1S/C19H22N4/c1-3-16-4-6-17(7-5-16)12-21-15(2)18-8-10-19(11-9-18)23-14-20-13-22-23/h4-11,13-15,21H,3,12H2,1-2H3. The van der Waals surface area contributed by atoms with E-state index >= 15 is 0 Å². The van der Waals surface area contributed by atoms with Crippen LogP contribution in [0.3, 0.4) is 0 Å². The highest BCUT2D eigenvalue weighted by atomic mass is 15.3. The van der Waals surface area contributed by atoms with Crippen LogP contribution in [0.15, 0.2) is 61.2 Å². The summed E-state index contributed by atoms with van der Waals surface area (Å²) in [5, 5.41) is 7.71. The summed E-state index contributed by atoms with van der Waals surface area (Å²) in [5.41, 5.74) is 4.98. The molecule has 0 aliphatic heterocycles. The quantitative estimate of drug-likeness (QED) is 0.755. The Bertz CT molecular complexity index is 715. The molecular formula is C19H22N4. The number of aryl methyl sites for hydroxylation is 1. The van der Waals surface area contributed by atoms with E-state index in [2.05, 4.69) is 77.8 Å². The molecule has 23 heavy (non-hydrogen) atoms. The van der Waals surface area contributed by atoms with Crippen LogP contribution in [0.4, 0.5) is 0 Å². The van der Waals surface area contributed by atoms with Crippen molar-refractivity contribution >= 4 is 0 Å². The largest absolute Gasteiger partial charge is 0.306 e. The molecule has 2 aromatic carbocycles. The van der Waals surface area contributed by atoms with Crippen molar-refractivity contribution in [2.24, 2.45) is 0 Å². The first-order valence-corrected chi connectivity index (χ1v) is 8.02. The molecule has 4 heteroatoms. The van der Waals surface area contributed by atoms with Crippen molar-refractivity contribution in [1.29, 1.82) is 0 Å². The molecule has 3 aromatic rings. The number of rotatable bonds is 6. The average molecular weight is 306 g/mol. The summed E-state index contributed by atoms with van der Waals surface area (Å²) in [6.07, 6.45) is 4.33. The van der Waals surface area contributed by atoms with Crippen molar-refractivity contribution in [3.8, 4) is 5.69 Å². The van der Waals surface area contributed by atoms with E-state index in [1.807, 2.05) is 0 Å². The molecule has 1 aromatic heterocycles.